The molecule has 0 aromatic rings. The topological polar surface area (TPSA) is 9.23 Å². The van der Waals surface area contributed by atoms with Gasteiger partial charge >= 0.3 is 0 Å². The zero-order valence-electron chi connectivity index (χ0n) is 19.2. The van der Waals surface area contributed by atoms with Crippen molar-refractivity contribution in [1.29, 1.82) is 0 Å². The molecule has 0 aromatic heterocycles. The minimum atomic E-state index is -0.118. The van der Waals surface area contributed by atoms with Crippen LogP contribution in [0.2, 0.25) is 0 Å². The molecule has 168 valence electrons. The van der Waals surface area contributed by atoms with Gasteiger partial charge in [-0.05, 0) is 25.8 Å². The molecule has 0 spiro atoms. The Kier molecular flexibility index (Phi) is 21.3. The predicted octanol–water partition coefficient (Wildman–Crippen LogP) is 10.4. The van der Waals surface area contributed by atoms with Crippen molar-refractivity contribution >= 4 is 35.6 Å². The lowest BCUT2D eigenvalue weighted by Gasteiger charge is -2.24. The van der Waals surface area contributed by atoms with E-state index >= 15 is 0 Å². The van der Waals surface area contributed by atoms with E-state index in [0.29, 0.717) is 0 Å². The third-order valence-electron chi connectivity index (χ3n) is 5.77. The molecule has 0 aliphatic heterocycles. The van der Waals surface area contributed by atoms with Crippen molar-refractivity contribution in [2.75, 3.05) is 0 Å². The Hall–Kier alpha value is 0.620. The molecular weight excluding hydrogens is 475 g/mol. The fraction of sp³-hybridized carbons (Fsp3) is 0.920. The molecule has 0 aliphatic carbocycles. The zero-order chi connectivity index (χ0) is 20.9. The smallest absolute Gasteiger partial charge is 0.192 e. The summed E-state index contributed by atoms with van der Waals surface area (Å²) < 4.78 is 5.38. The summed E-state index contributed by atoms with van der Waals surface area (Å²) in [5, 5.41) is 0. The fourth-order valence-electron chi connectivity index (χ4n) is 3.84. The van der Waals surface area contributed by atoms with E-state index in [9.17, 15) is 0 Å². The van der Waals surface area contributed by atoms with Crippen LogP contribution in [0.4, 0.5) is 0 Å². The third kappa shape index (κ3) is 17.5. The van der Waals surface area contributed by atoms with Crippen LogP contribution < -0.4 is 0 Å². The Balaban J connectivity index is 3.35. The van der Waals surface area contributed by atoms with Gasteiger partial charge in [0, 0.05) is 0 Å². The lowest BCUT2D eigenvalue weighted by molar-refractivity contribution is 0.440. The Morgan fingerprint density at radius 2 is 1.07 bits per heavy atom. The molecule has 1 unspecified atom stereocenters. The van der Waals surface area contributed by atoms with Gasteiger partial charge in [0.1, 0.15) is 5.76 Å². The van der Waals surface area contributed by atoms with E-state index < -0.39 is 0 Å². The molecule has 0 radical (unpaired) electrons. The highest BCUT2D eigenvalue weighted by Crippen LogP contribution is 2.33. The van der Waals surface area contributed by atoms with E-state index in [1.165, 1.54) is 109 Å². The maximum absolute atomic E-state index is 5.49. The number of thiol groups is 1. The summed E-state index contributed by atoms with van der Waals surface area (Å²) in [6.45, 7) is 6.63. The molecule has 3 heteroatoms. The zero-order valence-corrected chi connectivity index (χ0v) is 22.3. The van der Waals surface area contributed by atoms with E-state index in [1.807, 2.05) is 23.0 Å². The summed E-state index contributed by atoms with van der Waals surface area (Å²) in [4.78, 5) is 0. The van der Waals surface area contributed by atoms with E-state index in [-0.39, 0.29) is 4.75 Å². The maximum atomic E-state index is 5.49. The van der Waals surface area contributed by atoms with E-state index in [1.54, 1.807) is 0 Å². The number of unbranched alkanes of at least 4 members (excludes halogenated alkanes) is 16. The van der Waals surface area contributed by atoms with Gasteiger partial charge in [0.05, 0.1) is 4.75 Å². The molecule has 1 atom stereocenters. The highest BCUT2D eigenvalue weighted by atomic mass is 127. The molecule has 0 fully saturated rings. The van der Waals surface area contributed by atoms with Crippen LogP contribution in [0.25, 0.3) is 0 Å². The Labute approximate surface area is 197 Å². The lowest BCUT2D eigenvalue weighted by atomic mass is 9.98. The summed E-state index contributed by atoms with van der Waals surface area (Å²) in [6.07, 6.45) is 28.4. The standard InChI is InChI=1S/C25H49IOS/c1-4-6-7-8-9-10-11-12-13-14-15-16-17-18-19-20-21-23-25(3,28)24(27-26)22-5-2/h22,28H,4-21,23H2,1-3H3/b24-22-. The highest BCUT2D eigenvalue weighted by Gasteiger charge is 2.25. The van der Waals surface area contributed by atoms with Gasteiger partial charge in [0.15, 0.2) is 23.0 Å². The quantitative estimate of drug-likeness (QED) is 0.0680. The minimum Gasteiger partial charge on any atom is -0.431 e. The van der Waals surface area contributed by atoms with Crippen molar-refractivity contribution in [3.63, 3.8) is 0 Å². The normalized spacial score (nSPS) is 14.2. The van der Waals surface area contributed by atoms with Gasteiger partial charge in [-0.3, -0.25) is 0 Å². The van der Waals surface area contributed by atoms with Gasteiger partial charge in [0.2, 0.25) is 0 Å². The van der Waals surface area contributed by atoms with Gasteiger partial charge in [-0.1, -0.05) is 123 Å². The summed E-state index contributed by atoms with van der Waals surface area (Å²) in [5.41, 5.74) is 0. The van der Waals surface area contributed by atoms with Crippen LogP contribution in [-0.2, 0) is 3.07 Å². The number of hydrogen-bond acceptors (Lipinski definition) is 2. The Morgan fingerprint density at radius 1 is 0.714 bits per heavy atom. The number of rotatable bonds is 21. The van der Waals surface area contributed by atoms with Gasteiger partial charge < -0.3 is 3.07 Å². The summed E-state index contributed by atoms with van der Waals surface area (Å²) in [6, 6.07) is 0. The highest BCUT2D eigenvalue weighted by molar-refractivity contribution is 14.1. The first-order valence-corrected chi connectivity index (χ1v) is 13.6. The second kappa shape index (κ2) is 20.9. The average Bonchev–Trinajstić information content (AvgIpc) is 2.68. The molecule has 0 rings (SSSR count). The van der Waals surface area contributed by atoms with Crippen LogP contribution in [0.3, 0.4) is 0 Å². The van der Waals surface area contributed by atoms with Gasteiger partial charge in [-0.25, -0.2) is 0 Å². The van der Waals surface area contributed by atoms with Crippen LogP contribution in [0.1, 0.15) is 143 Å². The fourth-order valence-corrected chi connectivity index (χ4v) is 4.97. The number of hydrogen-bond donors (Lipinski definition) is 1. The van der Waals surface area contributed by atoms with Crippen molar-refractivity contribution in [3.05, 3.63) is 11.8 Å². The second-order valence-electron chi connectivity index (χ2n) is 8.73. The predicted molar refractivity (Wildman–Crippen MR) is 140 cm³/mol. The van der Waals surface area contributed by atoms with Crippen LogP contribution in [0.15, 0.2) is 11.8 Å². The Bertz CT molecular complexity index is 354. The maximum Gasteiger partial charge on any atom is 0.192 e. The largest absolute Gasteiger partial charge is 0.431 e. The first-order chi connectivity index (χ1) is 13.6. The molecule has 0 saturated carbocycles. The molecule has 0 heterocycles. The molecular formula is C25H49IOS. The van der Waals surface area contributed by atoms with E-state index in [2.05, 4.69) is 26.8 Å². The van der Waals surface area contributed by atoms with Crippen molar-refractivity contribution in [2.24, 2.45) is 0 Å². The van der Waals surface area contributed by atoms with Gasteiger partial charge in [-0.2, -0.15) is 12.6 Å². The van der Waals surface area contributed by atoms with Gasteiger partial charge in [-0.15, -0.1) is 0 Å². The second-order valence-corrected chi connectivity index (χ2v) is 10.2. The van der Waals surface area contributed by atoms with Crippen LogP contribution in [-0.4, -0.2) is 4.75 Å². The lowest BCUT2D eigenvalue weighted by Crippen LogP contribution is -2.20. The third-order valence-corrected chi connectivity index (χ3v) is 6.69. The molecule has 0 aliphatic rings. The van der Waals surface area contributed by atoms with Crippen molar-refractivity contribution < 1.29 is 3.07 Å². The first-order valence-electron chi connectivity index (χ1n) is 12.3. The first kappa shape index (κ1) is 28.6. The molecule has 0 saturated heterocycles. The number of halogens is 1. The van der Waals surface area contributed by atoms with Crippen LogP contribution in [0, 0.1) is 0 Å². The van der Waals surface area contributed by atoms with Crippen LogP contribution in [0.5, 0.6) is 0 Å². The van der Waals surface area contributed by atoms with E-state index in [4.69, 9.17) is 15.7 Å². The van der Waals surface area contributed by atoms with Crippen molar-refractivity contribution in [3.8, 4) is 0 Å². The molecule has 0 bridgehead atoms. The molecule has 0 N–H and O–H groups in total. The molecule has 1 nitrogen and oxygen atoms in total. The SMILES string of the molecule is CC/C=C(\OI)C(C)(S)CCCCCCCCCCCCCCCCCCC. The summed E-state index contributed by atoms with van der Waals surface area (Å²) >= 11 is 6.81. The number of allylic oxidation sites excluding steroid dienone is 1. The van der Waals surface area contributed by atoms with Gasteiger partial charge in [0.25, 0.3) is 0 Å². The average molecular weight is 525 g/mol. The summed E-state index contributed by atoms with van der Waals surface area (Å²) in [7, 11) is 0. The monoisotopic (exact) mass is 524 g/mol. The van der Waals surface area contributed by atoms with Crippen molar-refractivity contribution in [1.82, 2.24) is 0 Å². The molecule has 0 aromatic carbocycles. The minimum absolute atomic E-state index is 0.118. The molecule has 28 heavy (non-hydrogen) atoms. The summed E-state index contributed by atoms with van der Waals surface area (Å²) in [5.74, 6) is 1.02. The van der Waals surface area contributed by atoms with E-state index in [0.717, 1.165) is 18.6 Å². The molecule has 0 amide bonds. The Morgan fingerprint density at radius 3 is 1.39 bits per heavy atom. The van der Waals surface area contributed by atoms with Crippen molar-refractivity contribution in [2.45, 2.75) is 148 Å². The van der Waals surface area contributed by atoms with Crippen LogP contribution >= 0.6 is 35.6 Å².